The first-order valence-electron chi connectivity index (χ1n) is 12.9. The second-order valence-corrected chi connectivity index (χ2v) is 9.98. The number of aromatic nitrogens is 5. The minimum atomic E-state index is -0.0758. The van der Waals surface area contributed by atoms with E-state index in [1.807, 2.05) is 42.3 Å². The summed E-state index contributed by atoms with van der Waals surface area (Å²) in [7, 11) is 0. The summed E-state index contributed by atoms with van der Waals surface area (Å²) in [5.41, 5.74) is 14.5. The summed E-state index contributed by atoms with van der Waals surface area (Å²) in [5, 5.41) is 8.66. The van der Waals surface area contributed by atoms with Crippen molar-refractivity contribution in [2.24, 2.45) is 11.0 Å². The Morgan fingerprint density at radius 3 is 2.76 bits per heavy atom. The van der Waals surface area contributed by atoms with Crippen LogP contribution in [0.1, 0.15) is 38.2 Å². The van der Waals surface area contributed by atoms with E-state index in [2.05, 4.69) is 25.6 Å². The normalized spacial score (nSPS) is 17.9. The maximum atomic E-state index is 12.6. The van der Waals surface area contributed by atoms with Gasteiger partial charge in [0.25, 0.3) is 0 Å². The zero-order chi connectivity index (χ0) is 26.2. The topological polar surface area (TPSA) is 147 Å². The fourth-order valence-corrected chi connectivity index (χ4v) is 5.10. The number of aromatic amines is 1. The van der Waals surface area contributed by atoms with Crippen molar-refractivity contribution in [2.45, 2.75) is 39.2 Å². The molecule has 2 aliphatic heterocycles. The number of hydrazone groups is 1. The molecule has 1 saturated heterocycles. The highest BCUT2D eigenvalue weighted by Gasteiger charge is 2.22. The Balaban J connectivity index is 1.25. The van der Waals surface area contributed by atoms with Crippen molar-refractivity contribution < 1.29 is 9.59 Å². The van der Waals surface area contributed by atoms with Gasteiger partial charge in [-0.1, -0.05) is 13.0 Å². The van der Waals surface area contributed by atoms with E-state index in [0.29, 0.717) is 23.6 Å². The van der Waals surface area contributed by atoms with E-state index in [4.69, 9.17) is 10.7 Å². The number of fused-ring (bicyclic) bond motifs is 1. The Bertz CT molecular complexity index is 1560. The summed E-state index contributed by atoms with van der Waals surface area (Å²) in [6.45, 7) is 3.85. The van der Waals surface area contributed by atoms with Crippen LogP contribution in [0.25, 0.3) is 33.5 Å². The van der Waals surface area contributed by atoms with Crippen LogP contribution >= 0.6 is 0 Å². The van der Waals surface area contributed by atoms with Gasteiger partial charge >= 0.3 is 0 Å². The molecule has 0 spiro atoms. The van der Waals surface area contributed by atoms with Crippen LogP contribution in [0.4, 0.5) is 5.82 Å². The SMILES string of the molecule is CC1CC(=O)NN=C1c1ccc2nc(-c3cc(-c4cnn(CC(=O)N5CCCCC5)c4)cnc3N)[nH]c2c1. The number of carbonyl (C=O) groups excluding carboxylic acids is 2. The Labute approximate surface area is 219 Å². The fourth-order valence-electron chi connectivity index (χ4n) is 5.10. The summed E-state index contributed by atoms with van der Waals surface area (Å²) in [5.74, 6) is 0.995. The van der Waals surface area contributed by atoms with Gasteiger partial charge in [0.05, 0.1) is 28.5 Å². The van der Waals surface area contributed by atoms with Gasteiger partial charge in [-0.05, 0) is 37.5 Å². The second-order valence-electron chi connectivity index (χ2n) is 9.98. The molecule has 4 N–H and O–H groups in total. The Morgan fingerprint density at radius 2 is 1.95 bits per heavy atom. The van der Waals surface area contributed by atoms with E-state index in [1.165, 1.54) is 6.42 Å². The van der Waals surface area contributed by atoms with Gasteiger partial charge < -0.3 is 15.6 Å². The van der Waals surface area contributed by atoms with E-state index < -0.39 is 0 Å². The van der Waals surface area contributed by atoms with E-state index in [-0.39, 0.29) is 24.3 Å². The number of likely N-dealkylation sites (tertiary alicyclic amines) is 1. The van der Waals surface area contributed by atoms with Gasteiger partial charge in [0, 0.05) is 54.5 Å². The predicted molar refractivity (Wildman–Crippen MR) is 144 cm³/mol. The molecule has 0 radical (unpaired) electrons. The van der Waals surface area contributed by atoms with Gasteiger partial charge in [-0.25, -0.2) is 15.4 Å². The zero-order valence-corrected chi connectivity index (χ0v) is 21.1. The molecule has 11 heteroatoms. The average molecular weight is 512 g/mol. The van der Waals surface area contributed by atoms with Crippen LogP contribution in [0.5, 0.6) is 0 Å². The van der Waals surface area contributed by atoms with Gasteiger partial charge in [-0.15, -0.1) is 0 Å². The molecule has 3 aromatic heterocycles. The molecule has 0 aliphatic carbocycles. The Hall–Kier alpha value is -4.54. The number of benzene rings is 1. The number of rotatable bonds is 5. The summed E-state index contributed by atoms with van der Waals surface area (Å²) in [6, 6.07) is 7.79. The number of nitrogens with one attached hydrogen (secondary N) is 2. The number of imidazole rings is 1. The first-order valence-corrected chi connectivity index (χ1v) is 12.9. The summed E-state index contributed by atoms with van der Waals surface area (Å²) in [6.07, 6.45) is 9.00. The lowest BCUT2D eigenvalue weighted by Crippen LogP contribution is -2.37. The molecule has 2 aliphatic rings. The van der Waals surface area contributed by atoms with Crippen LogP contribution in [-0.2, 0) is 16.1 Å². The lowest BCUT2D eigenvalue weighted by molar-refractivity contribution is -0.132. The van der Waals surface area contributed by atoms with Crippen molar-refractivity contribution >= 4 is 34.4 Å². The molecule has 38 heavy (non-hydrogen) atoms. The molecular weight excluding hydrogens is 482 g/mol. The smallest absolute Gasteiger partial charge is 0.244 e. The highest BCUT2D eigenvalue weighted by Crippen LogP contribution is 2.30. The van der Waals surface area contributed by atoms with E-state index in [1.54, 1.807) is 17.1 Å². The number of pyridine rings is 1. The number of piperidine rings is 1. The number of H-pyrrole nitrogens is 1. The van der Waals surface area contributed by atoms with Crippen LogP contribution < -0.4 is 11.2 Å². The minimum absolute atomic E-state index is 0.0242. The van der Waals surface area contributed by atoms with Gasteiger partial charge in [-0.3, -0.25) is 14.3 Å². The predicted octanol–water partition coefficient (Wildman–Crippen LogP) is 2.94. The van der Waals surface area contributed by atoms with Crippen LogP contribution in [-0.4, -0.2) is 60.2 Å². The molecule has 2 amide bonds. The maximum absolute atomic E-state index is 12.6. The molecule has 0 bridgehead atoms. The number of carbonyl (C=O) groups is 2. The molecule has 5 heterocycles. The first-order chi connectivity index (χ1) is 18.4. The molecule has 194 valence electrons. The molecule has 1 unspecified atom stereocenters. The summed E-state index contributed by atoms with van der Waals surface area (Å²) < 4.78 is 1.67. The van der Waals surface area contributed by atoms with Crippen molar-refractivity contribution in [3.8, 4) is 22.5 Å². The number of nitrogen functional groups attached to an aromatic ring is 1. The first kappa shape index (κ1) is 23.8. The van der Waals surface area contributed by atoms with E-state index >= 15 is 0 Å². The number of anilines is 1. The molecular formula is C27H29N9O2. The van der Waals surface area contributed by atoms with Crippen LogP contribution in [0, 0.1) is 5.92 Å². The van der Waals surface area contributed by atoms with Crippen LogP contribution in [0.2, 0.25) is 0 Å². The van der Waals surface area contributed by atoms with Crippen molar-refractivity contribution in [2.75, 3.05) is 18.8 Å². The average Bonchev–Trinajstić information content (AvgIpc) is 3.56. The molecule has 1 fully saturated rings. The Kier molecular flexibility index (Phi) is 6.10. The molecule has 1 aromatic carbocycles. The zero-order valence-electron chi connectivity index (χ0n) is 21.1. The molecule has 4 aromatic rings. The third kappa shape index (κ3) is 4.62. The highest BCUT2D eigenvalue weighted by molar-refractivity contribution is 6.07. The fraction of sp³-hybridized carbons (Fsp3) is 0.333. The van der Waals surface area contributed by atoms with E-state index in [0.717, 1.165) is 59.4 Å². The number of nitrogens with two attached hydrogens (primary N) is 1. The lowest BCUT2D eigenvalue weighted by Gasteiger charge is -2.26. The van der Waals surface area contributed by atoms with Gasteiger partial charge in [0.15, 0.2) is 0 Å². The summed E-state index contributed by atoms with van der Waals surface area (Å²) in [4.78, 5) is 38.7. The third-order valence-corrected chi connectivity index (χ3v) is 7.18. The number of nitrogens with zero attached hydrogens (tertiary/aromatic N) is 6. The number of hydrogen-bond donors (Lipinski definition) is 3. The van der Waals surface area contributed by atoms with Crippen LogP contribution in [0.15, 0.2) is 48.0 Å². The van der Waals surface area contributed by atoms with Gasteiger partial charge in [0.1, 0.15) is 18.2 Å². The van der Waals surface area contributed by atoms with Gasteiger partial charge in [-0.2, -0.15) is 10.2 Å². The molecule has 11 nitrogen and oxygen atoms in total. The third-order valence-electron chi connectivity index (χ3n) is 7.18. The van der Waals surface area contributed by atoms with E-state index in [9.17, 15) is 9.59 Å². The van der Waals surface area contributed by atoms with Crippen molar-refractivity contribution in [1.82, 2.24) is 35.1 Å². The minimum Gasteiger partial charge on any atom is -0.383 e. The monoisotopic (exact) mass is 511 g/mol. The quantitative estimate of drug-likeness (QED) is 0.375. The molecule has 1 atom stereocenters. The van der Waals surface area contributed by atoms with Crippen LogP contribution in [0.3, 0.4) is 0 Å². The summed E-state index contributed by atoms with van der Waals surface area (Å²) >= 11 is 0. The molecule has 0 saturated carbocycles. The van der Waals surface area contributed by atoms with Crippen molar-refractivity contribution in [3.63, 3.8) is 0 Å². The van der Waals surface area contributed by atoms with Crippen molar-refractivity contribution in [1.29, 1.82) is 0 Å². The second kappa shape index (κ2) is 9.73. The van der Waals surface area contributed by atoms with Crippen molar-refractivity contribution in [3.05, 3.63) is 48.4 Å². The van der Waals surface area contributed by atoms with Gasteiger partial charge in [0.2, 0.25) is 11.8 Å². The lowest BCUT2D eigenvalue weighted by atomic mass is 9.94. The number of hydrogen-bond acceptors (Lipinski definition) is 7. The standard InChI is InChI=1S/C27H29N9O2/c1-16-9-23(37)33-34-25(16)17-5-6-21-22(11-17)32-27(31-21)20-10-18(12-29-26(20)28)19-13-30-36(14-19)15-24(38)35-7-3-2-4-8-35/h5-6,10-14,16H,2-4,7-9,15H2,1H3,(H2,28,29)(H,31,32)(H,33,37). The highest BCUT2D eigenvalue weighted by atomic mass is 16.2. The Morgan fingerprint density at radius 1 is 1.11 bits per heavy atom. The molecule has 6 rings (SSSR count). The largest absolute Gasteiger partial charge is 0.383 e. The maximum Gasteiger partial charge on any atom is 0.244 e. The number of amides is 2.